The number of nitrogen functional groups attached to an aromatic ring is 1. The standard InChI is InChI=1S/C15H18N4O/c16-14-10-13(17-18-14)15(20)19-8-4-7-12(19)9-11-5-2-1-3-6-11/h1-3,5-6,10,12H,4,7-9H2,(H3,16,17,18). The van der Waals surface area contributed by atoms with E-state index in [9.17, 15) is 4.79 Å². The zero-order valence-corrected chi connectivity index (χ0v) is 11.2. The summed E-state index contributed by atoms with van der Waals surface area (Å²) in [6.07, 6.45) is 2.99. The molecule has 20 heavy (non-hydrogen) atoms. The molecule has 1 fully saturated rings. The Labute approximate surface area is 117 Å². The zero-order valence-electron chi connectivity index (χ0n) is 11.2. The highest BCUT2D eigenvalue weighted by atomic mass is 16.2. The number of carbonyl (C=O) groups excluding carboxylic acids is 1. The van der Waals surface area contributed by atoms with E-state index >= 15 is 0 Å². The molecule has 0 bridgehead atoms. The predicted molar refractivity (Wildman–Crippen MR) is 77.2 cm³/mol. The van der Waals surface area contributed by atoms with Crippen molar-refractivity contribution in [2.24, 2.45) is 0 Å². The van der Waals surface area contributed by atoms with Gasteiger partial charge in [0.05, 0.1) is 0 Å². The van der Waals surface area contributed by atoms with Gasteiger partial charge in [0.25, 0.3) is 5.91 Å². The number of hydrogen-bond acceptors (Lipinski definition) is 3. The molecule has 2 heterocycles. The van der Waals surface area contributed by atoms with Gasteiger partial charge in [0.2, 0.25) is 0 Å². The lowest BCUT2D eigenvalue weighted by atomic mass is 10.0. The third-order valence-corrected chi connectivity index (χ3v) is 3.78. The van der Waals surface area contributed by atoms with Crippen LogP contribution in [0, 0.1) is 0 Å². The molecule has 1 saturated heterocycles. The topological polar surface area (TPSA) is 75.0 Å². The van der Waals surface area contributed by atoms with Gasteiger partial charge in [0.1, 0.15) is 11.5 Å². The lowest BCUT2D eigenvalue weighted by Gasteiger charge is -2.24. The highest BCUT2D eigenvalue weighted by molar-refractivity contribution is 5.93. The fourth-order valence-corrected chi connectivity index (χ4v) is 2.80. The van der Waals surface area contributed by atoms with Gasteiger partial charge in [0.15, 0.2) is 0 Å². The van der Waals surface area contributed by atoms with Crippen molar-refractivity contribution in [3.8, 4) is 0 Å². The summed E-state index contributed by atoms with van der Waals surface area (Å²) >= 11 is 0. The van der Waals surface area contributed by atoms with Crippen molar-refractivity contribution < 1.29 is 4.79 Å². The second-order valence-corrected chi connectivity index (χ2v) is 5.19. The molecule has 0 radical (unpaired) electrons. The van der Waals surface area contributed by atoms with E-state index in [-0.39, 0.29) is 11.9 Å². The molecule has 0 saturated carbocycles. The number of anilines is 1. The van der Waals surface area contributed by atoms with Crippen molar-refractivity contribution in [1.29, 1.82) is 0 Å². The summed E-state index contributed by atoms with van der Waals surface area (Å²) in [6, 6.07) is 12.1. The van der Waals surface area contributed by atoms with E-state index in [0.717, 1.165) is 25.8 Å². The first-order valence-electron chi connectivity index (χ1n) is 6.90. The average molecular weight is 270 g/mol. The summed E-state index contributed by atoms with van der Waals surface area (Å²) in [7, 11) is 0. The summed E-state index contributed by atoms with van der Waals surface area (Å²) in [6.45, 7) is 0.801. The molecular formula is C15H18N4O. The molecule has 1 aromatic heterocycles. The molecule has 1 amide bonds. The maximum absolute atomic E-state index is 12.5. The van der Waals surface area contributed by atoms with Crippen molar-refractivity contribution in [3.05, 3.63) is 47.7 Å². The first-order valence-corrected chi connectivity index (χ1v) is 6.90. The number of nitrogens with two attached hydrogens (primary N) is 1. The number of H-pyrrole nitrogens is 1. The number of rotatable bonds is 3. The van der Waals surface area contributed by atoms with Gasteiger partial charge in [-0.2, -0.15) is 5.10 Å². The molecule has 5 nitrogen and oxygen atoms in total. The quantitative estimate of drug-likeness (QED) is 0.893. The van der Waals surface area contributed by atoms with Gasteiger partial charge in [-0.1, -0.05) is 30.3 Å². The third kappa shape index (κ3) is 2.52. The minimum Gasteiger partial charge on any atom is -0.382 e. The van der Waals surface area contributed by atoms with Gasteiger partial charge < -0.3 is 10.6 Å². The highest BCUT2D eigenvalue weighted by Gasteiger charge is 2.30. The fraction of sp³-hybridized carbons (Fsp3) is 0.333. The number of nitrogens with zero attached hydrogens (tertiary/aromatic N) is 2. The van der Waals surface area contributed by atoms with Crippen LogP contribution in [0.25, 0.3) is 0 Å². The van der Waals surface area contributed by atoms with Crippen LogP contribution in [-0.4, -0.2) is 33.6 Å². The highest BCUT2D eigenvalue weighted by Crippen LogP contribution is 2.23. The molecule has 1 aromatic carbocycles. The Hall–Kier alpha value is -2.30. The van der Waals surface area contributed by atoms with Crippen LogP contribution < -0.4 is 5.73 Å². The molecule has 1 aliphatic rings. The second-order valence-electron chi connectivity index (χ2n) is 5.19. The summed E-state index contributed by atoms with van der Waals surface area (Å²) in [5, 5.41) is 6.52. The number of carbonyl (C=O) groups is 1. The number of benzene rings is 1. The minimum atomic E-state index is -0.00682. The smallest absolute Gasteiger partial charge is 0.272 e. The zero-order chi connectivity index (χ0) is 13.9. The lowest BCUT2D eigenvalue weighted by molar-refractivity contribution is 0.0730. The normalized spacial score (nSPS) is 18.4. The van der Waals surface area contributed by atoms with Crippen LogP contribution in [0.2, 0.25) is 0 Å². The molecule has 1 aliphatic heterocycles. The summed E-state index contributed by atoms with van der Waals surface area (Å²) in [5.41, 5.74) is 7.30. The van der Waals surface area contributed by atoms with Crippen LogP contribution in [0.4, 0.5) is 5.82 Å². The van der Waals surface area contributed by atoms with Crippen molar-refractivity contribution in [2.75, 3.05) is 12.3 Å². The summed E-state index contributed by atoms with van der Waals surface area (Å²) in [5.74, 6) is 0.347. The molecule has 1 unspecified atom stereocenters. The first kappa shape index (κ1) is 12.7. The summed E-state index contributed by atoms with van der Waals surface area (Å²) < 4.78 is 0. The molecule has 3 rings (SSSR count). The van der Waals surface area contributed by atoms with Gasteiger partial charge in [0, 0.05) is 18.7 Å². The molecule has 104 valence electrons. The minimum absolute atomic E-state index is 0.00682. The Balaban J connectivity index is 1.74. The fourth-order valence-electron chi connectivity index (χ4n) is 2.80. The van der Waals surface area contributed by atoms with Crippen LogP contribution in [0.1, 0.15) is 28.9 Å². The van der Waals surface area contributed by atoms with Crippen LogP contribution in [0.5, 0.6) is 0 Å². The molecule has 3 N–H and O–H groups in total. The average Bonchev–Trinajstić information content (AvgIpc) is 3.08. The van der Waals surface area contributed by atoms with Crippen LogP contribution in [0.3, 0.4) is 0 Å². The number of amides is 1. The summed E-state index contributed by atoms with van der Waals surface area (Å²) in [4.78, 5) is 14.4. The van der Waals surface area contributed by atoms with Gasteiger partial charge in [-0.05, 0) is 24.8 Å². The Morgan fingerprint density at radius 3 is 2.90 bits per heavy atom. The second kappa shape index (κ2) is 5.36. The van der Waals surface area contributed by atoms with Crippen molar-refractivity contribution >= 4 is 11.7 Å². The number of aromatic nitrogens is 2. The molecule has 0 aliphatic carbocycles. The van der Waals surface area contributed by atoms with E-state index in [1.165, 1.54) is 5.56 Å². The van der Waals surface area contributed by atoms with E-state index in [4.69, 9.17) is 5.73 Å². The molecule has 5 heteroatoms. The van der Waals surface area contributed by atoms with Gasteiger partial charge in [-0.3, -0.25) is 9.89 Å². The van der Waals surface area contributed by atoms with E-state index in [1.807, 2.05) is 23.1 Å². The van der Waals surface area contributed by atoms with Gasteiger partial charge in [-0.25, -0.2) is 0 Å². The number of aromatic amines is 1. The lowest BCUT2D eigenvalue weighted by Crippen LogP contribution is -2.37. The molecule has 2 aromatic rings. The largest absolute Gasteiger partial charge is 0.382 e. The van der Waals surface area contributed by atoms with E-state index < -0.39 is 0 Å². The van der Waals surface area contributed by atoms with Gasteiger partial charge in [-0.15, -0.1) is 0 Å². The Bertz CT molecular complexity index is 593. The van der Waals surface area contributed by atoms with Crippen LogP contribution in [0.15, 0.2) is 36.4 Å². The Morgan fingerprint density at radius 2 is 2.20 bits per heavy atom. The molecule has 0 spiro atoms. The SMILES string of the molecule is Nc1cc(C(=O)N2CCCC2Cc2ccccc2)[nH]n1. The van der Waals surface area contributed by atoms with Crippen molar-refractivity contribution in [1.82, 2.24) is 15.1 Å². The Morgan fingerprint density at radius 1 is 1.40 bits per heavy atom. The molecular weight excluding hydrogens is 252 g/mol. The van der Waals surface area contributed by atoms with Crippen molar-refractivity contribution in [3.63, 3.8) is 0 Å². The van der Waals surface area contributed by atoms with E-state index in [0.29, 0.717) is 11.5 Å². The van der Waals surface area contributed by atoms with Crippen LogP contribution in [-0.2, 0) is 6.42 Å². The first-order chi connectivity index (χ1) is 9.74. The van der Waals surface area contributed by atoms with Gasteiger partial charge >= 0.3 is 0 Å². The monoisotopic (exact) mass is 270 g/mol. The maximum atomic E-state index is 12.5. The van der Waals surface area contributed by atoms with Crippen LogP contribution >= 0.6 is 0 Å². The van der Waals surface area contributed by atoms with E-state index in [2.05, 4.69) is 22.3 Å². The molecule has 1 atom stereocenters. The van der Waals surface area contributed by atoms with Crippen molar-refractivity contribution in [2.45, 2.75) is 25.3 Å². The number of nitrogens with one attached hydrogen (secondary N) is 1. The number of likely N-dealkylation sites (tertiary alicyclic amines) is 1. The third-order valence-electron chi connectivity index (χ3n) is 3.78. The Kier molecular flexibility index (Phi) is 3.41. The van der Waals surface area contributed by atoms with E-state index in [1.54, 1.807) is 6.07 Å². The predicted octanol–water partition coefficient (Wildman–Crippen LogP) is 1.84. The number of hydrogen-bond donors (Lipinski definition) is 2. The maximum Gasteiger partial charge on any atom is 0.272 e.